The van der Waals surface area contributed by atoms with E-state index in [1.165, 1.54) is 6.21 Å². The molecule has 1 heterocycles. The molecule has 8 heteroatoms. The summed E-state index contributed by atoms with van der Waals surface area (Å²) in [5, 5.41) is 6.39. The van der Waals surface area contributed by atoms with Crippen molar-refractivity contribution in [2.75, 3.05) is 6.54 Å². The molecule has 0 aliphatic rings. The van der Waals surface area contributed by atoms with Crippen molar-refractivity contribution in [3.05, 3.63) is 80.0 Å². The van der Waals surface area contributed by atoms with Crippen LogP contribution < -0.4 is 10.7 Å². The highest BCUT2D eigenvalue weighted by Gasteiger charge is 2.10. The van der Waals surface area contributed by atoms with Crippen molar-refractivity contribution in [1.82, 2.24) is 10.7 Å². The molecule has 0 radical (unpaired) electrons. The third-order valence-electron chi connectivity index (χ3n) is 3.66. The van der Waals surface area contributed by atoms with Crippen LogP contribution in [0.5, 0.6) is 0 Å². The van der Waals surface area contributed by atoms with E-state index in [1.807, 2.05) is 30.3 Å². The van der Waals surface area contributed by atoms with Gasteiger partial charge in [0.15, 0.2) is 0 Å². The molecule has 0 aliphatic carbocycles. The Kier molecular flexibility index (Phi) is 6.99. The van der Waals surface area contributed by atoms with Gasteiger partial charge in [-0.15, -0.1) is 0 Å². The molecular formula is C20H15BrIN3O3. The van der Waals surface area contributed by atoms with Crippen LogP contribution >= 0.6 is 38.5 Å². The molecule has 1 aromatic heterocycles. The number of hydrogen-bond donors (Lipinski definition) is 2. The first-order chi connectivity index (χ1) is 13.5. The van der Waals surface area contributed by atoms with E-state index in [4.69, 9.17) is 4.42 Å². The maximum atomic E-state index is 12.0. The van der Waals surface area contributed by atoms with E-state index in [1.54, 1.807) is 30.3 Å². The molecule has 0 spiro atoms. The summed E-state index contributed by atoms with van der Waals surface area (Å²) in [5.41, 5.74) is 3.77. The Morgan fingerprint density at radius 3 is 2.57 bits per heavy atom. The van der Waals surface area contributed by atoms with Crippen LogP contribution in [0.4, 0.5) is 0 Å². The average Bonchev–Trinajstić information content (AvgIpc) is 3.16. The van der Waals surface area contributed by atoms with Gasteiger partial charge >= 0.3 is 0 Å². The van der Waals surface area contributed by atoms with Crippen molar-refractivity contribution in [1.29, 1.82) is 0 Å². The molecule has 3 rings (SSSR count). The van der Waals surface area contributed by atoms with E-state index in [0.717, 1.165) is 9.13 Å². The molecule has 2 aromatic carbocycles. The van der Waals surface area contributed by atoms with Gasteiger partial charge in [-0.25, -0.2) is 5.43 Å². The number of carbonyl (C=O) groups is 2. The summed E-state index contributed by atoms with van der Waals surface area (Å²) in [6.07, 6.45) is 1.41. The highest BCUT2D eigenvalue weighted by Crippen LogP contribution is 2.22. The molecule has 0 saturated heterocycles. The van der Waals surface area contributed by atoms with Crippen LogP contribution in [0, 0.1) is 3.57 Å². The minimum atomic E-state index is -0.443. The van der Waals surface area contributed by atoms with Crippen molar-refractivity contribution in [2.24, 2.45) is 5.10 Å². The summed E-state index contributed by atoms with van der Waals surface area (Å²) in [5.74, 6) is 0.428. The lowest BCUT2D eigenvalue weighted by Crippen LogP contribution is -2.35. The highest BCUT2D eigenvalue weighted by molar-refractivity contribution is 14.1. The van der Waals surface area contributed by atoms with Gasteiger partial charge in [0, 0.05) is 13.6 Å². The lowest BCUT2D eigenvalue weighted by Gasteiger charge is -2.05. The number of furan rings is 1. The zero-order valence-electron chi connectivity index (χ0n) is 14.5. The topological polar surface area (TPSA) is 83.7 Å². The van der Waals surface area contributed by atoms with Gasteiger partial charge in [-0.1, -0.05) is 24.3 Å². The fourth-order valence-electron chi connectivity index (χ4n) is 2.30. The van der Waals surface area contributed by atoms with E-state index in [0.29, 0.717) is 21.6 Å². The Balaban J connectivity index is 1.49. The molecule has 6 nitrogen and oxygen atoms in total. The van der Waals surface area contributed by atoms with Crippen LogP contribution in [-0.4, -0.2) is 24.6 Å². The molecule has 28 heavy (non-hydrogen) atoms. The van der Waals surface area contributed by atoms with Crippen molar-refractivity contribution in [3.8, 4) is 11.3 Å². The molecule has 2 amide bonds. The minimum absolute atomic E-state index is 0.191. The van der Waals surface area contributed by atoms with E-state index >= 15 is 0 Å². The number of carbonyl (C=O) groups excluding carboxylic acids is 2. The Labute approximate surface area is 183 Å². The number of amides is 2. The lowest BCUT2D eigenvalue weighted by molar-refractivity contribution is -0.120. The number of benzene rings is 2. The molecule has 142 valence electrons. The van der Waals surface area contributed by atoms with Crippen molar-refractivity contribution in [2.45, 2.75) is 0 Å². The molecule has 0 atom stereocenters. The van der Waals surface area contributed by atoms with Crippen LogP contribution in [0.15, 0.2) is 74.7 Å². The van der Waals surface area contributed by atoms with Crippen molar-refractivity contribution in [3.63, 3.8) is 0 Å². The molecule has 0 unspecified atom stereocenters. The molecule has 2 N–H and O–H groups in total. The summed E-state index contributed by atoms with van der Waals surface area (Å²) >= 11 is 5.54. The van der Waals surface area contributed by atoms with Gasteiger partial charge in [-0.05, 0) is 74.9 Å². The quantitative estimate of drug-likeness (QED) is 0.274. The molecule has 0 fully saturated rings. The zero-order valence-corrected chi connectivity index (χ0v) is 18.2. The maximum Gasteiger partial charge on any atom is 0.259 e. The third-order valence-corrected chi connectivity index (χ3v) is 5.08. The summed E-state index contributed by atoms with van der Waals surface area (Å²) in [4.78, 5) is 23.9. The van der Waals surface area contributed by atoms with Gasteiger partial charge in [0.1, 0.15) is 11.5 Å². The Morgan fingerprint density at radius 2 is 1.82 bits per heavy atom. The Hall–Kier alpha value is -2.46. The summed E-state index contributed by atoms with van der Waals surface area (Å²) < 4.78 is 7.49. The summed E-state index contributed by atoms with van der Waals surface area (Å²) in [6.45, 7) is -0.191. The standard InChI is InChI=1S/C20H15BrIN3O3/c21-17-4-2-1-3-16(17)20(27)23-12-19(26)25-24-11-15-9-10-18(28-15)13-5-7-14(22)8-6-13/h1-11H,12H2,(H,23,27)(H,25,26)/b24-11-. The highest BCUT2D eigenvalue weighted by atomic mass is 127. The lowest BCUT2D eigenvalue weighted by atomic mass is 10.2. The molecule has 3 aromatic rings. The smallest absolute Gasteiger partial charge is 0.259 e. The van der Waals surface area contributed by atoms with Gasteiger partial charge in [0.2, 0.25) is 0 Å². The number of rotatable bonds is 6. The SMILES string of the molecule is O=C(CNC(=O)c1ccccc1Br)N/N=C\c1ccc(-c2ccc(I)cc2)o1. The van der Waals surface area contributed by atoms with E-state index < -0.39 is 5.91 Å². The first kappa shape index (κ1) is 20.3. The van der Waals surface area contributed by atoms with Gasteiger partial charge in [0.25, 0.3) is 11.8 Å². The zero-order chi connectivity index (χ0) is 19.9. The molecular weight excluding hydrogens is 537 g/mol. The van der Waals surface area contributed by atoms with Gasteiger partial charge in [-0.2, -0.15) is 5.10 Å². The van der Waals surface area contributed by atoms with Crippen LogP contribution in [0.3, 0.4) is 0 Å². The van der Waals surface area contributed by atoms with Crippen LogP contribution in [0.2, 0.25) is 0 Å². The normalized spacial score (nSPS) is 10.8. The predicted octanol–water partition coefficient (Wildman–Crippen LogP) is 4.19. The number of hydrogen-bond acceptors (Lipinski definition) is 4. The molecule has 0 aliphatic heterocycles. The van der Waals surface area contributed by atoms with Gasteiger partial charge in [-0.3, -0.25) is 9.59 Å². The second-order valence-electron chi connectivity index (χ2n) is 5.66. The van der Waals surface area contributed by atoms with Crippen LogP contribution in [0.25, 0.3) is 11.3 Å². The fourth-order valence-corrected chi connectivity index (χ4v) is 3.12. The van der Waals surface area contributed by atoms with E-state index in [9.17, 15) is 9.59 Å². The second-order valence-corrected chi connectivity index (χ2v) is 7.76. The third kappa shape index (κ3) is 5.52. The van der Waals surface area contributed by atoms with Gasteiger partial charge < -0.3 is 9.73 Å². The van der Waals surface area contributed by atoms with E-state index in [-0.39, 0.29) is 12.5 Å². The second kappa shape index (κ2) is 9.65. The van der Waals surface area contributed by atoms with Crippen LogP contribution in [-0.2, 0) is 4.79 Å². The first-order valence-electron chi connectivity index (χ1n) is 8.23. The number of nitrogens with one attached hydrogen (secondary N) is 2. The first-order valence-corrected chi connectivity index (χ1v) is 10.1. The monoisotopic (exact) mass is 551 g/mol. The fraction of sp³-hybridized carbons (Fsp3) is 0.0500. The number of hydrazone groups is 1. The van der Waals surface area contributed by atoms with Gasteiger partial charge in [0.05, 0.1) is 18.3 Å². The molecule has 0 saturated carbocycles. The number of nitrogens with zero attached hydrogens (tertiary/aromatic N) is 1. The van der Waals surface area contributed by atoms with Crippen LogP contribution in [0.1, 0.15) is 16.1 Å². The largest absolute Gasteiger partial charge is 0.455 e. The predicted molar refractivity (Wildman–Crippen MR) is 119 cm³/mol. The minimum Gasteiger partial charge on any atom is -0.455 e. The van der Waals surface area contributed by atoms with Crippen molar-refractivity contribution >= 4 is 56.5 Å². The Morgan fingerprint density at radius 1 is 1.07 bits per heavy atom. The average molecular weight is 552 g/mol. The Bertz CT molecular complexity index is 1020. The van der Waals surface area contributed by atoms with Crippen molar-refractivity contribution < 1.29 is 14.0 Å². The van der Waals surface area contributed by atoms with E-state index in [2.05, 4.69) is 54.4 Å². The molecule has 0 bridgehead atoms. The number of halogens is 2. The summed E-state index contributed by atoms with van der Waals surface area (Å²) in [7, 11) is 0. The maximum absolute atomic E-state index is 12.0. The summed E-state index contributed by atoms with van der Waals surface area (Å²) in [6, 6.07) is 18.5.